The standard InChI is InChI=1S/C38H50N2/c1-3-5-7-9-11-13-15-33-17-21-37(22-18-33)39-29-25-35(26-30-39)36-27-31-40(32-28-36)38-23-19-34(20-24-38)16-14-12-10-8-6-4-2/h17-32H,3-16H2,1-2H3. The molecule has 212 valence electrons. The second kappa shape index (κ2) is 16.8. The minimum Gasteiger partial charge on any atom is -0.324 e. The first-order valence-electron chi connectivity index (χ1n) is 16.0. The lowest BCUT2D eigenvalue weighted by Gasteiger charge is -2.22. The average Bonchev–Trinajstić information content (AvgIpc) is 3.01. The van der Waals surface area contributed by atoms with Crippen molar-refractivity contribution in [2.45, 2.75) is 104 Å². The van der Waals surface area contributed by atoms with Gasteiger partial charge in [-0.1, -0.05) is 102 Å². The van der Waals surface area contributed by atoms with Gasteiger partial charge in [-0.3, -0.25) is 0 Å². The molecule has 2 aromatic carbocycles. The molecule has 0 bridgehead atoms. The summed E-state index contributed by atoms with van der Waals surface area (Å²) in [6, 6.07) is 18.2. The Balaban J connectivity index is 1.23. The van der Waals surface area contributed by atoms with Gasteiger partial charge in [0, 0.05) is 36.2 Å². The molecule has 2 aliphatic heterocycles. The fraction of sp³-hybridized carbons (Fsp3) is 0.421. The molecule has 2 heteroatoms. The zero-order valence-corrected chi connectivity index (χ0v) is 25.0. The van der Waals surface area contributed by atoms with E-state index >= 15 is 0 Å². The second-order valence-corrected chi connectivity index (χ2v) is 11.4. The molecule has 0 aromatic heterocycles. The topological polar surface area (TPSA) is 6.48 Å². The van der Waals surface area contributed by atoms with Crippen LogP contribution >= 0.6 is 0 Å². The van der Waals surface area contributed by atoms with Gasteiger partial charge >= 0.3 is 0 Å². The number of nitrogens with zero attached hydrogens (tertiary/aromatic N) is 2. The Bertz CT molecular complexity index is 1040. The second-order valence-electron chi connectivity index (χ2n) is 11.4. The molecule has 2 nitrogen and oxygen atoms in total. The molecule has 0 unspecified atom stereocenters. The molecule has 0 saturated carbocycles. The van der Waals surface area contributed by atoms with Gasteiger partial charge in [-0.2, -0.15) is 0 Å². The van der Waals surface area contributed by atoms with Crippen LogP contribution in [0, 0.1) is 0 Å². The number of allylic oxidation sites excluding steroid dienone is 6. The summed E-state index contributed by atoms with van der Waals surface area (Å²) in [5.41, 5.74) is 7.78. The van der Waals surface area contributed by atoms with Crippen molar-refractivity contribution in [2.75, 3.05) is 9.80 Å². The van der Waals surface area contributed by atoms with Crippen LogP contribution in [0.15, 0.2) is 109 Å². The van der Waals surface area contributed by atoms with Gasteiger partial charge in [0.15, 0.2) is 0 Å². The molecule has 2 aliphatic rings. The van der Waals surface area contributed by atoms with Gasteiger partial charge in [0.05, 0.1) is 0 Å². The van der Waals surface area contributed by atoms with E-state index in [0.717, 1.165) is 0 Å². The Kier molecular flexibility index (Phi) is 12.4. The lowest BCUT2D eigenvalue weighted by molar-refractivity contribution is 0.607. The van der Waals surface area contributed by atoms with E-state index in [2.05, 4.69) is 121 Å². The molecule has 2 heterocycles. The lowest BCUT2D eigenvalue weighted by atomic mass is 10.0. The van der Waals surface area contributed by atoms with Gasteiger partial charge in [0.2, 0.25) is 0 Å². The van der Waals surface area contributed by atoms with Crippen LogP contribution in [0.4, 0.5) is 11.4 Å². The highest BCUT2D eigenvalue weighted by Gasteiger charge is 2.09. The third-order valence-electron chi connectivity index (χ3n) is 8.10. The van der Waals surface area contributed by atoms with E-state index in [1.807, 2.05) is 0 Å². The summed E-state index contributed by atoms with van der Waals surface area (Å²) < 4.78 is 0. The van der Waals surface area contributed by atoms with Crippen molar-refractivity contribution in [3.05, 3.63) is 120 Å². The summed E-state index contributed by atoms with van der Waals surface area (Å²) >= 11 is 0. The molecule has 40 heavy (non-hydrogen) atoms. The molecule has 0 saturated heterocycles. The number of benzene rings is 2. The maximum atomic E-state index is 2.29. The number of unbranched alkanes of at least 4 members (excludes halogenated alkanes) is 10. The summed E-state index contributed by atoms with van der Waals surface area (Å²) in [6.07, 6.45) is 36.1. The third-order valence-corrected chi connectivity index (χ3v) is 8.10. The molecule has 4 rings (SSSR count). The molecular weight excluding hydrogens is 484 g/mol. The van der Waals surface area contributed by atoms with Crippen molar-refractivity contribution < 1.29 is 0 Å². The van der Waals surface area contributed by atoms with Crippen LogP contribution in [0.2, 0.25) is 0 Å². The monoisotopic (exact) mass is 534 g/mol. The van der Waals surface area contributed by atoms with E-state index in [0.29, 0.717) is 0 Å². The van der Waals surface area contributed by atoms with E-state index in [-0.39, 0.29) is 0 Å². The minimum absolute atomic E-state index is 1.19. The van der Waals surface area contributed by atoms with Crippen molar-refractivity contribution in [1.82, 2.24) is 0 Å². The largest absolute Gasteiger partial charge is 0.324 e. The van der Waals surface area contributed by atoms with Crippen LogP contribution in [0.5, 0.6) is 0 Å². The van der Waals surface area contributed by atoms with E-state index < -0.39 is 0 Å². The first-order chi connectivity index (χ1) is 19.8. The molecular formula is C38H50N2. The first-order valence-corrected chi connectivity index (χ1v) is 16.0. The number of aryl methyl sites for hydroxylation is 2. The fourth-order valence-corrected chi connectivity index (χ4v) is 5.47. The molecule has 0 amide bonds. The van der Waals surface area contributed by atoms with Crippen molar-refractivity contribution in [2.24, 2.45) is 0 Å². The van der Waals surface area contributed by atoms with Crippen LogP contribution < -0.4 is 9.80 Å². The van der Waals surface area contributed by atoms with Gasteiger partial charge in [-0.25, -0.2) is 0 Å². The Hall–Kier alpha value is -3.26. The van der Waals surface area contributed by atoms with Gasteiger partial charge < -0.3 is 9.80 Å². The molecule has 0 N–H and O–H groups in total. The highest BCUT2D eigenvalue weighted by atomic mass is 15.1. The Labute approximate surface area is 244 Å². The van der Waals surface area contributed by atoms with Crippen LogP contribution in [-0.2, 0) is 12.8 Å². The minimum atomic E-state index is 1.19. The number of anilines is 2. The van der Waals surface area contributed by atoms with Crippen molar-refractivity contribution in [1.29, 1.82) is 0 Å². The number of rotatable bonds is 16. The predicted molar refractivity (Wildman–Crippen MR) is 176 cm³/mol. The molecule has 0 fully saturated rings. The van der Waals surface area contributed by atoms with Crippen molar-refractivity contribution in [3.8, 4) is 0 Å². The van der Waals surface area contributed by atoms with Gasteiger partial charge in [-0.05, 0) is 96.5 Å². The Morgan fingerprint density at radius 3 is 1.07 bits per heavy atom. The maximum absolute atomic E-state index is 2.29. The lowest BCUT2D eigenvalue weighted by Crippen LogP contribution is -2.12. The van der Waals surface area contributed by atoms with Crippen LogP contribution in [0.1, 0.15) is 102 Å². The third kappa shape index (κ3) is 9.44. The summed E-state index contributed by atoms with van der Waals surface area (Å²) in [5.74, 6) is 0. The molecule has 0 spiro atoms. The molecule has 0 aliphatic carbocycles. The quantitative estimate of drug-likeness (QED) is 0.198. The zero-order chi connectivity index (χ0) is 27.8. The van der Waals surface area contributed by atoms with Gasteiger partial charge in [0.25, 0.3) is 0 Å². The highest BCUT2D eigenvalue weighted by Crippen LogP contribution is 2.26. The Morgan fingerprint density at radius 1 is 0.400 bits per heavy atom. The van der Waals surface area contributed by atoms with Gasteiger partial charge in [0.1, 0.15) is 0 Å². The SMILES string of the molecule is CCCCCCCCc1ccc(N2C=CC(=C3C=CN(c4ccc(CCCCCCCC)cc4)C=C3)C=C2)cc1. The van der Waals surface area contributed by atoms with E-state index in [1.165, 1.54) is 124 Å². The predicted octanol–water partition coefficient (Wildman–Crippen LogP) is 11.2. The summed E-state index contributed by atoms with van der Waals surface area (Å²) in [6.45, 7) is 4.56. The van der Waals surface area contributed by atoms with E-state index in [4.69, 9.17) is 0 Å². The smallest absolute Gasteiger partial charge is 0.0449 e. The average molecular weight is 535 g/mol. The molecule has 0 atom stereocenters. The summed E-state index contributed by atoms with van der Waals surface area (Å²) in [4.78, 5) is 4.40. The van der Waals surface area contributed by atoms with E-state index in [9.17, 15) is 0 Å². The van der Waals surface area contributed by atoms with Crippen molar-refractivity contribution in [3.63, 3.8) is 0 Å². The fourth-order valence-electron chi connectivity index (χ4n) is 5.47. The number of hydrogen-bond donors (Lipinski definition) is 0. The first kappa shape index (κ1) is 29.7. The Morgan fingerprint density at radius 2 is 0.725 bits per heavy atom. The van der Waals surface area contributed by atoms with Crippen molar-refractivity contribution >= 4 is 11.4 Å². The molecule has 0 radical (unpaired) electrons. The highest BCUT2D eigenvalue weighted by molar-refractivity contribution is 5.62. The normalized spacial score (nSPS) is 14.6. The van der Waals surface area contributed by atoms with E-state index in [1.54, 1.807) is 0 Å². The van der Waals surface area contributed by atoms with Crippen LogP contribution in [0.3, 0.4) is 0 Å². The summed E-state index contributed by atoms with van der Waals surface area (Å²) in [7, 11) is 0. The summed E-state index contributed by atoms with van der Waals surface area (Å²) in [5, 5.41) is 0. The maximum Gasteiger partial charge on any atom is 0.0449 e. The number of hydrogen-bond acceptors (Lipinski definition) is 2. The van der Waals surface area contributed by atoms with Crippen LogP contribution in [-0.4, -0.2) is 0 Å². The zero-order valence-electron chi connectivity index (χ0n) is 25.0. The van der Waals surface area contributed by atoms with Crippen LogP contribution in [0.25, 0.3) is 0 Å². The van der Waals surface area contributed by atoms with Gasteiger partial charge in [-0.15, -0.1) is 0 Å². The molecule has 2 aromatic rings.